The summed E-state index contributed by atoms with van der Waals surface area (Å²) < 4.78 is 17.2. The molecule has 8 nitrogen and oxygen atoms in total. The van der Waals surface area contributed by atoms with Gasteiger partial charge in [-0.3, -0.25) is 9.69 Å². The highest BCUT2D eigenvalue weighted by Gasteiger charge is 2.40. The summed E-state index contributed by atoms with van der Waals surface area (Å²) in [7, 11) is 1.68. The third kappa shape index (κ3) is 4.93. The highest BCUT2D eigenvalue weighted by atomic mass is 16.6. The summed E-state index contributed by atoms with van der Waals surface area (Å²) >= 11 is 0. The van der Waals surface area contributed by atoms with E-state index in [0.717, 1.165) is 69.9 Å². The number of H-pyrrole nitrogens is 1. The van der Waals surface area contributed by atoms with E-state index in [1.807, 2.05) is 33.0 Å². The number of carbonyl (C=O) groups excluding carboxylic acids is 2. The van der Waals surface area contributed by atoms with Gasteiger partial charge in [0.15, 0.2) is 5.78 Å². The van der Waals surface area contributed by atoms with E-state index >= 15 is 0 Å². The lowest BCUT2D eigenvalue weighted by Crippen LogP contribution is -2.37. The van der Waals surface area contributed by atoms with Crippen molar-refractivity contribution < 1.29 is 23.8 Å². The molecule has 8 heteroatoms. The highest BCUT2D eigenvalue weighted by Crippen LogP contribution is 2.42. The van der Waals surface area contributed by atoms with Crippen LogP contribution in [0.5, 0.6) is 5.75 Å². The first kappa shape index (κ1) is 25.6. The molecule has 0 bridgehead atoms. The van der Waals surface area contributed by atoms with Gasteiger partial charge in [0.25, 0.3) is 0 Å². The fourth-order valence-electron chi connectivity index (χ4n) is 6.01. The first-order valence-electron chi connectivity index (χ1n) is 13.7. The Kier molecular flexibility index (Phi) is 6.46. The number of amides is 1. The van der Waals surface area contributed by atoms with Crippen LogP contribution in [0.15, 0.2) is 36.5 Å². The number of imidazole rings is 1. The normalized spacial score (nSPS) is 20.2. The Labute approximate surface area is 228 Å². The summed E-state index contributed by atoms with van der Waals surface area (Å²) in [6.07, 6.45) is 4.68. The number of nitrogens with one attached hydrogen (secondary N) is 1. The van der Waals surface area contributed by atoms with Crippen LogP contribution in [0.1, 0.15) is 73.4 Å². The number of methoxy groups -OCH3 is 1. The van der Waals surface area contributed by atoms with Gasteiger partial charge in [0, 0.05) is 37.1 Å². The summed E-state index contributed by atoms with van der Waals surface area (Å²) in [5, 5.41) is 0. The fraction of sp³-hybridized carbons (Fsp3) is 0.452. The van der Waals surface area contributed by atoms with Gasteiger partial charge in [0.05, 0.1) is 24.5 Å². The van der Waals surface area contributed by atoms with Gasteiger partial charge in [-0.05, 0) is 80.5 Å². The average Bonchev–Trinajstić information content (AvgIpc) is 3.55. The molecule has 1 fully saturated rings. The zero-order valence-electron chi connectivity index (χ0n) is 23.0. The summed E-state index contributed by atoms with van der Waals surface area (Å²) in [6, 6.07) is 10.2. The largest absolute Gasteiger partial charge is 0.488 e. The van der Waals surface area contributed by atoms with E-state index in [2.05, 4.69) is 29.2 Å². The first-order valence-corrected chi connectivity index (χ1v) is 13.7. The number of hydrogen-bond donors (Lipinski definition) is 1. The minimum absolute atomic E-state index is 0.208. The lowest BCUT2D eigenvalue weighted by molar-refractivity contribution is 0.0208. The van der Waals surface area contributed by atoms with Gasteiger partial charge in [-0.15, -0.1) is 0 Å². The molecule has 1 aromatic heterocycles. The van der Waals surface area contributed by atoms with Crippen molar-refractivity contribution in [3.63, 3.8) is 0 Å². The SMILES string of the molecule is COC[C@H]1C[C@@H](c2ncc(-c3ccc4c(c3)COc3cc5c(cc3-4)CCCC5=O)[nH]2)N(C(=O)OC(C)(C)C)C1. The second kappa shape index (κ2) is 9.83. The van der Waals surface area contributed by atoms with Crippen molar-refractivity contribution in [2.75, 3.05) is 20.3 Å². The monoisotopic (exact) mass is 529 g/mol. The molecule has 1 N–H and O–H groups in total. The molecule has 3 aromatic rings. The lowest BCUT2D eigenvalue weighted by Gasteiger charge is -2.27. The number of rotatable bonds is 4. The Morgan fingerprint density at radius 2 is 1.97 bits per heavy atom. The van der Waals surface area contributed by atoms with Crippen LogP contribution < -0.4 is 4.74 Å². The third-order valence-corrected chi connectivity index (χ3v) is 7.77. The first-order chi connectivity index (χ1) is 18.7. The van der Waals surface area contributed by atoms with Crippen LogP contribution in [-0.4, -0.2) is 52.6 Å². The topological polar surface area (TPSA) is 93.8 Å². The van der Waals surface area contributed by atoms with Crippen molar-refractivity contribution in [3.05, 3.63) is 59.0 Å². The molecule has 2 atom stereocenters. The average molecular weight is 530 g/mol. The Balaban J connectivity index is 1.27. The molecular formula is C31H35N3O5. The van der Waals surface area contributed by atoms with Crippen molar-refractivity contribution in [1.29, 1.82) is 0 Å². The highest BCUT2D eigenvalue weighted by molar-refractivity contribution is 6.00. The Morgan fingerprint density at radius 3 is 2.77 bits per heavy atom. The van der Waals surface area contributed by atoms with Crippen LogP contribution in [0, 0.1) is 5.92 Å². The third-order valence-electron chi connectivity index (χ3n) is 7.77. The molecular weight excluding hydrogens is 494 g/mol. The summed E-state index contributed by atoms with van der Waals surface area (Å²) in [5.74, 6) is 1.94. The maximum absolute atomic E-state index is 13.0. The predicted molar refractivity (Wildman–Crippen MR) is 147 cm³/mol. The maximum Gasteiger partial charge on any atom is 0.410 e. The zero-order valence-corrected chi connectivity index (χ0v) is 23.0. The minimum atomic E-state index is -0.575. The van der Waals surface area contributed by atoms with Crippen molar-refractivity contribution in [2.45, 2.75) is 64.7 Å². The molecule has 0 radical (unpaired) electrons. The van der Waals surface area contributed by atoms with Gasteiger partial charge >= 0.3 is 6.09 Å². The molecule has 0 saturated carbocycles. The van der Waals surface area contributed by atoms with Crippen LogP contribution in [0.3, 0.4) is 0 Å². The van der Waals surface area contributed by atoms with Crippen molar-refractivity contribution in [2.24, 2.45) is 5.92 Å². The number of hydrogen-bond acceptors (Lipinski definition) is 6. The van der Waals surface area contributed by atoms with Crippen LogP contribution in [0.25, 0.3) is 22.4 Å². The van der Waals surface area contributed by atoms with E-state index in [-0.39, 0.29) is 23.8 Å². The van der Waals surface area contributed by atoms with Crippen molar-refractivity contribution in [3.8, 4) is 28.1 Å². The molecule has 2 aliphatic heterocycles. The number of aryl methyl sites for hydroxylation is 1. The number of ether oxygens (including phenoxy) is 3. The number of benzene rings is 2. The van der Waals surface area contributed by atoms with Gasteiger partial charge in [-0.2, -0.15) is 0 Å². The van der Waals surface area contributed by atoms with Gasteiger partial charge in [-0.1, -0.05) is 12.1 Å². The quantitative estimate of drug-likeness (QED) is 0.439. The van der Waals surface area contributed by atoms with E-state index in [9.17, 15) is 9.59 Å². The molecule has 1 amide bonds. The zero-order chi connectivity index (χ0) is 27.3. The van der Waals surface area contributed by atoms with Crippen LogP contribution >= 0.6 is 0 Å². The molecule has 1 saturated heterocycles. The second-order valence-corrected chi connectivity index (χ2v) is 11.8. The van der Waals surface area contributed by atoms with Crippen molar-refractivity contribution >= 4 is 11.9 Å². The number of aromatic nitrogens is 2. The standard InChI is InChI=1S/C31H35N3O5/c1-31(2,3)39-30(36)34-15-18(16-37-4)10-26(34)29-32-14-25(33-29)20-8-9-22-21(11-20)17-38-28-13-23-19(12-24(22)28)6-5-7-27(23)35/h8-9,11-14,18,26H,5-7,10,15-17H2,1-4H3,(H,32,33)/t18-,26-/m0/s1. The summed E-state index contributed by atoms with van der Waals surface area (Å²) in [6.45, 7) is 7.21. The van der Waals surface area contributed by atoms with Crippen LogP contribution in [-0.2, 0) is 22.5 Å². The molecule has 0 spiro atoms. The second-order valence-electron chi connectivity index (χ2n) is 11.8. The van der Waals surface area contributed by atoms with E-state index in [0.29, 0.717) is 26.2 Å². The molecule has 1 aliphatic carbocycles. The van der Waals surface area contributed by atoms with Gasteiger partial charge in [0.1, 0.15) is 23.8 Å². The van der Waals surface area contributed by atoms with Crippen LogP contribution in [0.4, 0.5) is 4.79 Å². The number of likely N-dealkylation sites (tertiary alicyclic amines) is 1. The summed E-state index contributed by atoms with van der Waals surface area (Å²) in [4.78, 5) is 35.3. The number of nitrogens with zero attached hydrogens (tertiary/aromatic N) is 2. The molecule has 204 valence electrons. The predicted octanol–water partition coefficient (Wildman–Crippen LogP) is 6.10. The van der Waals surface area contributed by atoms with E-state index in [1.165, 1.54) is 0 Å². The van der Waals surface area contributed by atoms with E-state index < -0.39 is 5.60 Å². The minimum Gasteiger partial charge on any atom is -0.488 e. The van der Waals surface area contributed by atoms with Crippen LogP contribution in [0.2, 0.25) is 0 Å². The fourth-order valence-corrected chi connectivity index (χ4v) is 6.01. The Morgan fingerprint density at radius 1 is 1.13 bits per heavy atom. The summed E-state index contributed by atoms with van der Waals surface area (Å²) in [5.41, 5.74) is 6.51. The number of ketones is 1. The van der Waals surface area contributed by atoms with Gasteiger partial charge in [-0.25, -0.2) is 9.78 Å². The number of Topliss-reactive ketones (excluding diaryl/α,β-unsaturated/α-hetero) is 1. The molecule has 3 aliphatic rings. The maximum atomic E-state index is 13.0. The molecule has 0 unspecified atom stereocenters. The lowest BCUT2D eigenvalue weighted by atomic mass is 9.86. The molecule has 2 aromatic carbocycles. The molecule has 6 rings (SSSR count). The van der Waals surface area contributed by atoms with E-state index in [4.69, 9.17) is 19.2 Å². The van der Waals surface area contributed by atoms with Gasteiger partial charge in [0.2, 0.25) is 0 Å². The van der Waals surface area contributed by atoms with E-state index in [1.54, 1.807) is 12.0 Å². The van der Waals surface area contributed by atoms with Crippen molar-refractivity contribution in [1.82, 2.24) is 14.9 Å². The molecule has 3 heterocycles. The number of aromatic amines is 1. The number of carbonyl (C=O) groups is 2. The Hall–Kier alpha value is -3.65. The number of fused-ring (bicyclic) bond motifs is 4. The Bertz CT molecular complexity index is 1440. The smallest absolute Gasteiger partial charge is 0.410 e. The van der Waals surface area contributed by atoms with Gasteiger partial charge < -0.3 is 19.2 Å². The molecule has 39 heavy (non-hydrogen) atoms.